The lowest BCUT2D eigenvalue weighted by Gasteiger charge is -2.38. The molecule has 1 aromatic rings. The van der Waals surface area contributed by atoms with Crippen LogP contribution in [0.4, 0.5) is 11.4 Å². The zero-order valence-electron chi connectivity index (χ0n) is 12.7. The smallest absolute Gasteiger partial charge is 0.0387 e. The molecule has 1 aromatic carbocycles. The van der Waals surface area contributed by atoms with Crippen LogP contribution in [-0.4, -0.2) is 43.2 Å². The number of hydrogen-bond donors (Lipinski definition) is 1. The number of benzene rings is 1. The Labute approximate surface area is 117 Å². The van der Waals surface area contributed by atoms with E-state index < -0.39 is 0 Å². The molecule has 0 saturated carbocycles. The molecular weight excluding hydrogens is 234 g/mol. The van der Waals surface area contributed by atoms with Crippen molar-refractivity contribution in [1.82, 2.24) is 4.90 Å². The summed E-state index contributed by atoms with van der Waals surface area (Å²) in [5.41, 5.74) is 2.56. The standard InChI is InChI=1S/C16H27N3/c1-13(2)17-15-6-5-7-16(12-15)19-10-8-18(9-11-19)14(3)4/h5-7,12-14,17H,8-11H2,1-4H3. The third kappa shape index (κ3) is 3.87. The normalized spacial score (nSPS) is 17.3. The topological polar surface area (TPSA) is 18.5 Å². The summed E-state index contributed by atoms with van der Waals surface area (Å²) in [5, 5.41) is 3.47. The van der Waals surface area contributed by atoms with Crippen LogP contribution < -0.4 is 10.2 Å². The Kier molecular flexibility index (Phi) is 4.70. The van der Waals surface area contributed by atoms with Crippen molar-refractivity contribution in [3.05, 3.63) is 24.3 Å². The van der Waals surface area contributed by atoms with E-state index in [2.05, 4.69) is 67.1 Å². The summed E-state index contributed by atoms with van der Waals surface area (Å²) >= 11 is 0. The molecule has 0 atom stereocenters. The maximum absolute atomic E-state index is 3.47. The van der Waals surface area contributed by atoms with E-state index in [-0.39, 0.29) is 0 Å². The van der Waals surface area contributed by atoms with E-state index in [9.17, 15) is 0 Å². The van der Waals surface area contributed by atoms with Crippen molar-refractivity contribution in [2.24, 2.45) is 0 Å². The van der Waals surface area contributed by atoms with Gasteiger partial charge >= 0.3 is 0 Å². The molecule has 2 rings (SSSR count). The second-order valence-electron chi connectivity index (χ2n) is 5.97. The van der Waals surface area contributed by atoms with E-state index in [1.165, 1.54) is 24.5 Å². The van der Waals surface area contributed by atoms with Gasteiger partial charge in [-0.1, -0.05) is 6.07 Å². The van der Waals surface area contributed by atoms with Crippen molar-refractivity contribution < 1.29 is 0 Å². The van der Waals surface area contributed by atoms with Crippen LogP contribution in [0.25, 0.3) is 0 Å². The minimum Gasteiger partial charge on any atom is -0.383 e. The lowest BCUT2D eigenvalue weighted by molar-refractivity contribution is 0.209. The quantitative estimate of drug-likeness (QED) is 0.899. The molecule has 1 fully saturated rings. The highest BCUT2D eigenvalue weighted by Crippen LogP contribution is 2.21. The van der Waals surface area contributed by atoms with Gasteiger partial charge in [-0.2, -0.15) is 0 Å². The number of hydrogen-bond acceptors (Lipinski definition) is 3. The summed E-state index contributed by atoms with van der Waals surface area (Å²) in [6.07, 6.45) is 0. The van der Waals surface area contributed by atoms with E-state index in [0.717, 1.165) is 13.1 Å². The summed E-state index contributed by atoms with van der Waals surface area (Å²) < 4.78 is 0. The number of anilines is 2. The van der Waals surface area contributed by atoms with Crippen LogP contribution in [0.3, 0.4) is 0 Å². The lowest BCUT2D eigenvalue weighted by atomic mass is 10.2. The van der Waals surface area contributed by atoms with Gasteiger partial charge in [0, 0.05) is 49.6 Å². The molecular formula is C16H27N3. The molecule has 0 aliphatic carbocycles. The summed E-state index contributed by atoms with van der Waals surface area (Å²) in [5.74, 6) is 0. The Morgan fingerprint density at radius 3 is 2.26 bits per heavy atom. The summed E-state index contributed by atoms with van der Waals surface area (Å²) in [7, 11) is 0. The Hall–Kier alpha value is -1.22. The summed E-state index contributed by atoms with van der Waals surface area (Å²) in [4.78, 5) is 5.04. The molecule has 1 aliphatic heterocycles. The molecule has 3 nitrogen and oxygen atoms in total. The molecule has 0 unspecified atom stereocenters. The van der Waals surface area contributed by atoms with Gasteiger partial charge in [0.25, 0.3) is 0 Å². The summed E-state index contributed by atoms with van der Waals surface area (Å²) in [6.45, 7) is 13.5. The number of nitrogens with one attached hydrogen (secondary N) is 1. The third-order valence-corrected chi connectivity index (χ3v) is 3.71. The van der Waals surface area contributed by atoms with Gasteiger partial charge in [-0.25, -0.2) is 0 Å². The number of piperazine rings is 1. The van der Waals surface area contributed by atoms with E-state index in [4.69, 9.17) is 0 Å². The second kappa shape index (κ2) is 6.29. The first-order chi connectivity index (χ1) is 9.06. The van der Waals surface area contributed by atoms with Gasteiger partial charge in [0.2, 0.25) is 0 Å². The monoisotopic (exact) mass is 261 g/mol. The first-order valence-corrected chi connectivity index (χ1v) is 7.42. The van der Waals surface area contributed by atoms with Crippen LogP contribution in [0.2, 0.25) is 0 Å². The van der Waals surface area contributed by atoms with Crippen LogP contribution in [0.15, 0.2) is 24.3 Å². The van der Waals surface area contributed by atoms with Crippen LogP contribution in [0.1, 0.15) is 27.7 Å². The van der Waals surface area contributed by atoms with Crippen molar-refractivity contribution in [1.29, 1.82) is 0 Å². The Balaban J connectivity index is 1.99. The van der Waals surface area contributed by atoms with Crippen molar-refractivity contribution in [2.45, 2.75) is 39.8 Å². The maximum Gasteiger partial charge on any atom is 0.0387 e. The molecule has 0 amide bonds. The van der Waals surface area contributed by atoms with Gasteiger partial charge in [0.1, 0.15) is 0 Å². The van der Waals surface area contributed by atoms with E-state index >= 15 is 0 Å². The van der Waals surface area contributed by atoms with Crippen LogP contribution >= 0.6 is 0 Å². The zero-order valence-corrected chi connectivity index (χ0v) is 12.7. The van der Waals surface area contributed by atoms with Crippen LogP contribution in [0, 0.1) is 0 Å². The highest BCUT2D eigenvalue weighted by Gasteiger charge is 2.18. The fraction of sp³-hybridized carbons (Fsp3) is 0.625. The molecule has 1 aliphatic rings. The zero-order chi connectivity index (χ0) is 13.8. The lowest BCUT2D eigenvalue weighted by Crippen LogP contribution is -2.48. The SMILES string of the molecule is CC(C)Nc1cccc(N2CCN(C(C)C)CC2)c1. The highest BCUT2D eigenvalue weighted by atomic mass is 15.3. The van der Waals surface area contributed by atoms with Gasteiger partial charge in [0.05, 0.1) is 0 Å². The Morgan fingerprint density at radius 1 is 1.00 bits per heavy atom. The molecule has 3 heteroatoms. The van der Waals surface area contributed by atoms with Gasteiger partial charge in [0.15, 0.2) is 0 Å². The number of rotatable bonds is 4. The van der Waals surface area contributed by atoms with Gasteiger partial charge in [-0.15, -0.1) is 0 Å². The minimum absolute atomic E-state index is 0.480. The molecule has 0 spiro atoms. The van der Waals surface area contributed by atoms with E-state index in [1.807, 2.05) is 0 Å². The Bertz CT molecular complexity index is 393. The van der Waals surface area contributed by atoms with Gasteiger partial charge in [-0.3, -0.25) is 4.90 Å². The molecule has 1 heterocycles. The predicted molar refractivity (Wildman–Crippen MR) is 84.1 cm³/mol. The molecule has 1 N–H and O–H groups in total. The van der Waals surface area contributed by atoms with Crippen LogP contribution in [0.5, 0.6) is 0 Å². The molecule has 0 aromatic heterocycles. The molecule has 0 bridgehead atoms. The van der Waals surface area contributed by atoms with Gasteiger partial charge < -0.3 is 10.2 Å². The van der Waals surface area contributed by atoms with Crippen molar-refractivity contribution in [2.75, 3.05) is 36.4 Å². The van der Waals surface area contributed by atoms with E-state index in [1.54, 1.807) is 0 Å². The second-order valence-corrected chi connectivity index (χ2v) is 5.97. The maximum atomic E-state index is 3.47. The average Bonchev–Trinajstić information content (AvgIpc) is 2.38. The van der Waals surface area contributed by atoms with Crippen molar-refractivity contribution in [3.8, 4) is 0 Å². The Morgan fingerprint density at radius 2 is 1.68 bits per heavy atom. The fourth-order valence-corrected chi connectivity index (χ4v) is 2.62. The van der Waals surface area contributed by atoms with Crippen molar-refractivity contribution >= 4 is 11.4 Å². The van der Waals surface area contributed by atoms with Crippen molar-refractivity contribution in [3.63, 3.8) is 0 Å². The predicted octanol–water partition coefficient (Wildman–Crippen LogP) is 3.04. The first-order valence-electron chi connectivity index (χ1n) is 7.42. The largest absolute Gasteiger partial charge is 0.383 e. The summed E-state index contributed by atoms with van der Waals surface area (Å²) in [6, 6.07) is 9.92. The molecule has 1 saturated heterocycles. The minimum atomic E-state index is 0.480. The molecule has 0 radical (unpaired) electrons. The number of nitrogens with zero attached hydrogens (tertiary/aromatic N) is 2. The van der Waals surface area contributed by atoms with Gasteiger partial charge in [-0.05, 0) is 45.9 Å². The third-order valence-electron chi connectivity index (χ3n) is 3.71. The fourth-order valence-electron chi connectivity index (χ4n) is 2.62. The molecule has 19 heavy (non-hydrogen) atoms. The first kappa shape index (κ1) is 14.2. The highest BCUT2D eigenvalue weighted by molar-refractivity contribution is 5.58. The van der Waals surface area contributed by atoms with E-state index in [0.29, 0.717) is 12.1 Å². The van der Waals surface area contributed by atoms with Crippen LogP contribution in [-0.2, 0) is 0 Å². The molecule has 106 valence electrons. The average molecular weight is 261 g/mol.